The summed E-state index contributed by atoms with van der Waals surface area (Å²) in [7, 11) is 0. The molecule has 0 amide bonds. The van der Waals surface area contributed by atoms with Crippen molar-refractivity contribution in [2.75, 3.05) is 13.2 Å². The number of benzene rings is 8. The van der Waals surface area contributed by atoms with Crippen LogP contribution in [0.4, 0.5) is 0 Å². The SMILES string of the molecule is Cc1cc(-c2ccccc2OCCCOc2ccccc2-c2cc(C)cc(-n3c4ccccc4c4ccccc43)c2O)c(O)c(-n2c3ccccc3c3ccccc32)c1.[CH3-].[CH3-].[Hf]. The van der Waals surface area contributed by atoms with Crippen molar-refractivity contribution < 1.29 is 45.5 Å². The van der Waals surface area contributed by atoms with Gasteiger partial charge in [-0.05, 0) is 85.6 Å². The Morgan fingerprint density at radius 1 is 0.403 bits per heavy atom. The van der Waals surface area contributed by atoms with Crippen LogP contribution in [0.2, 0.25) is 0 Å². The van der Waals surface area contributed by atoms with Crippen LogP contribution in [0.1, 0.15) is 17.5 Å². The minimum atomic E-state index is 0. The zero-order chi connectivity index (χ0) is 40.0. The molecule has 2 N–H and O–H groups in total. The van der Waals surface area contributed by atoms with Crippen molar-refractivity contribution in [3.63, 3.8) is 0 Å². The summed E-state index contributed by atoms with van der Waals surface area (Å²) < 4.78 is 17.2. The zero-order valence-corrected chi connectivity index (χ0v) is 39.0. The van der Waals surface area contributed by atoms with Crippen molar-refractivity contribution in [1.29, 1.82) is 0 Å². The number of para-hydroxylation sites is 6. The second kappa shape index (κ2) is 18.2. The normalized spacial score (nSPS) is 11.0. The molecular formula is C55H48HfN2O4-2. The molecule has 0 aliphatic heterocycles. The summed E-state index contributed by atoms with van der Waals surface area (Å²) in [6.45, 7) is 4.92. The summed E-state index contributed by atoms with van der Waals surface area (Å²) in [6.07, 6.45) is 0.613. The maximum Gasteiger partial charge on any atom is 0.147 e. The molecule has 0 bridgehead atoms. The van der Waals surface area contributed by atoms with Crippen LogP contribution in [-0.4, -0.2) is 32.6 Å². The maximum absolute atomic E-state index is 12.0. The first kappa shape index (κ1) is 43.5. The molecule has 6 nitrogen and oxygen atoms in total. The number of fused-ring (bicyclic) bond motifs is 6. The van der Waals surface area contributed by atoms with Gasteiger partial charge in [0, 0.05) is 76.1 Å². The van der Waals surface area contributed by atoms with E-state index in [4.69, 9.17) is 9.47 Å². The van der Waals surface area contributed by atoms with Crippen molar-refractivity contribution in [2.24, 2.45) is 0 Å². The second-order valence-electron chi connectivity index (χ2n) is 15.1. The standard InChI is InChI=1S/C53H42N2O4.2CH3.Hf/c1-34-30-42(52(56)48(32-34)54-44-22-9-3-16-36(44)37-17-4-10-23-45(37)54)40-20-7-13-26-50(40)58-28-15-29-59-51-27-14-8-21-41(51)43-31-35(2)33-49(53(43)57)55-46-24-11-5-18-38(46)39-19-6-12-25-47(39)55;;;/h3-14,16-27,30-33,56-57H,15,28-29H2,1-2H3;2*1H3;/q;2*-1;. The van der Waals surface area contributed by atoms with Gasteiger partial charge in [-0.25, -0.2) is 0 Å². The van der Waals surface area contributed by atoms with E-state index in [1.807, 2.05) is 97.1 Å². The molecule has 0 unspecified atom stereocenters. The van der Waals surface area contributed by atoms with Gasteiger partial charge in [0.1, 0.15) is 23.0 Å². The average Bonchev–Trinajstić information content (AvgIpc) is 3.78. The second-order valence-corrected chi connectivity index (χ2v) is 15.1. The minimum absolute atomic E-state index is 0. The molecule has 0 radical (unpaired) electrons. The van der Waals surface area contributed by atoms with Gasteiger partial charge in [0.15, 0.2) is 0 Å². The van der Waals surface area contributed by atoms with Gasteiger partial charge in [0.25, 0.3) is 0 Å². The van der Waals surface area contributed by atoms with Gasteiger partial charge in [0.2, 0.25) is 0 Å². The van der Waals surface area contributed by atoms with Crippen molar-refractivity contribution >= 4 is 43.6 Å². The van der Waals surface area contributed by atoms with E-state index in [0.29, 0.717) is 42.3 Å². The summed E-state index contributed by atoms with van der Waals surface area (Å²) in [6, 6.07) is 57.1. The summed E-state index contributed by atoms with van der Waals surface area (Å²) in [5, 5.41) is 28.6. The number of hydrogen-bond donors (Lipinski definition) is 2. The first-order valence-electron chi connectivity index (χ1n) is 20.0. The number of rotatable bonds is 10. The largest absolute Gasteiger partial charge is 0.505 e. The van der Waals surface area contributed by atoms with E-state index in [1.165, 1.54) is 0 Å². The number of aromatic hydroxyl groups is 2. The fourth-order valence-corrected chi connectivity index (χ4v) is 8.69. The molecule has 10 rings (SSSR count). The number of aromatic nitrogens is 2. The Morgan fingerprint density at radius 2 is 0.710 bits per heavy atom. The zero-order valence-electron chi connectivity index (χ0n) is 35.4. The number of phenolic OH excluding ortho intramolecular Hbond substituents is 2. The van der Waals surface area contributed by atoms with Crippen LogP contribution in [0.3, 0.4) is 0 Å². The minimum Gasteiger partial charge on any atom is -0.505 e. The Morgan fingerprint density at radius 3 is 1.06 bits per heavy atom. The third kappa shape index (κ3) is 7.56. The third-order valence-electron chi connectivity index (χ3n) is 11.3. The van der Waals surface area contributed by atoms with E-state index in [-0.39, 0.29) is 52.2 Å². The monoisotopic (exact) mass is 980 g/mol. The van der Waals surface area contributed by atoms with Crippen molar-refractivity contribution in [3.05, 3.63) is 196 Å². The van der Waals surface area contributed by atoms with E-state index in [2.05, 4.69) is 95.8 Å². The molecule has 0 saturated carbocycles. The molecule has 0 atom stereocenters. The van der Waals surface area contributed by atoms with Gasteiger partial charge in [0.05, 0.1) is 46.7 Å². The molecule has 62 heavy (non-hydrogen) atoms. The Bertz CT molecular complexity index is 2900. The van der Waals surface area contributed by atoms with Gasteiger partial charge in [-0.3, -0.25) is 0 Å². The predicted molar refractivity (Wildman–Crippen MR) is 254 cm³/mol. The van der Waals surface area contributed by atoms with Crippen LogP contribution >= 0.6 is 0 Å². The molecule has 0 spiro atoms. The van der Waals surface area contributed by atoms with Gasteiger partial charge in [-0.2, -0.15) is 0 Å². The molecule has 2 aromatic heterocycles. The molecule has 308 valence electrons. The maximum atomic E-state index is 12.0. The molecule has 0 saturated heterocycles. The van der Waals surface area contributed by atoms with Crippen LogP contribution in [0.5, 0.6) is 23.0 Å². The van der Waals surface area contributed by atoms with Crippen molar-refractivity contribution in [2.45, 2.75) is 20.3 Å². The van der Waals surface area contributed by atoms with Crippen molar-refractivity contribution in [1.82, 2.24) is 9.13 Å². The van der Waals surface area contributed by atoms with Crippen LogP contribution in [0.25, 0.3) is 77.2 Å². The first-order chi connectivity index (χ1) is 29.0. The molecule has 0 aliphatic carbocycles. The molecule has 2 heterocycles. The molecule has 7 heteroatoms. The molecular weight excluding hydrogens is 931 g/mol. The predicted octanol–water partition coefficient (Wildman–Crippen LogP) is 14.0. The molecule has 8 aromatic carbocycles. The quantitative estimate of drug-likeness (QED) is 0.0814. The number of aryl methyl sites for hydroxylation is 2. The molecule has 0 fully saturated rings. The van der Waals surface area contributed by atoms with Gasteiger partial charge >= 0.3 is 0 Å². The van der Waals surface area contributed by atoms with E-state index >= 15 is 0 Å². The van der Waals surface area contributed by atoms with Crippen LogP contribution in [0.15, 0.2) is 170 Å². The van der Waals surface area contributed by atoms with E-state index in [1.54, 1.807) is 0 Å². The fourth-order valence-electron chi connectivity index (χ4n) is 8.69. The van der Waals surface area contributed by atoms with Crippen molar-refractivity contribution in [3.8, 4) is 56.6 Å². The van der Waals surface area contributed by atoms with Crippen LogP contribution in [-0.2, 0) is 25.8 Å². The number of phenols is 2. The summed E-state index contributed by atoms with van der Waals surface area (Å²) in [5.74, 6) is 1.76. The summed E-state index contributed by atoms with van der Waals surface area (Å²) in [5.41, 5.74) is 10.7. The Kier molecular flexibility index (Phi) is 12.8. The number of hydrogen-bond acceptors (Lipinski definition) is 4. The molecule has 0 aliphatic rings. The summed E-state index contributed by atoms with van der Waals surface area (Å²) in [4.78, 5) is 0. The third-order valence-corrected chi connectivity index (χ3v) is 11.3. The Labute approximate surface area is 382 Å². The topological polar surface area (TPSA) is 68.8 Å². The first-order valence-corrected chi connectivity index (χ1v) is 20.0. The average molecular weight is 979 g/mol. The number of nitrogens with zero attached hydrogens (tertiary/aromatic N) is 2. The Hall–Kier alpha value is -6.57. The molecule has 10 aromatic rings. The van der Waals surface area contributed by atoms with E-state index in [0.717, 1.165) is 77.2 Å². The fraction of sp³-hybridized carbons (Fsp3) is 0.0909. The van der Waals surface area contributed by atoms with Crippen LogP contribution < -0.4 is 9.47 Å². The van der Waals surface area contributed by atoms with Gasteiger partial charge < -0.3 is 43.7 Å². The van der Waals surface area contributed by atoms with Gasteiger partial charge in [-0.15, -0.1) is 0 Å². The van der Waals surface area contributed by atoms with Gasteiger partial charge in [-0.1, -0.05) is 109 Å². The Balaban J connectivity index is 0.00000193. The summed E-state index contributed by atoms with van der Waals surface area (Å²) >= 11 is 0. The van der Waals surface area contributed by atoms with Crippen LogP contribution in [0, 0.1) is 28.7 Å². The van der Waals surface area contributed by atoms with E-state index < -0.39 is 0 Å². The van der Waals surface area contributed by atoms with E-state index in [9.17, 15) is 10.2 Å². The smallest absolute Gasteiger partial charge is 0.147 e. The number of ether oxygens (including phenoxy) is 2.